The molecule has 0 aliphatic heterocycles. The van der Waals surface area contributed by atoms with Crippen LogP contribution in [-0.2, 0) is 4.79 Å². The highest BCUT2D eigenvalue weighted by atomic mass is 35.5. The van der Waals surface area contributed by atoms with Gasteiger partial charge in [-0.2, -0.15) is 0 Å². The smallest absolute Gasteiger partial charge is 0.239 e. The lowest BCUT2D eigenvalue weighted by Gasteiger charge is -2.24. The molecule has 0 saturated heterocycles. The number of nitrogens with zero attached hydrogens (tertiary/aromatic N) is 1. The minimum Gasteiger partial charge on any atom is -0.492 e. The molecule has 1 amide bonds. The highest BCUT2D eigenvalue weighted by Crippen LogP contribution is 2.11. The van der Waals surface area contributed by atoms with E-state index in [4.69, 9.17) is 10.5 Å². The zero-order chi connectivity index (χ0) is 15.1. The number of benzene rings is 1. The molecule has 4 nitrogen and oxygen atoms in total. The van der Waals surface area contributed by atoms with Gasteiger partial charge in [0.25, 0.3) is 0 Å². The van der Waals surface area contributed by atoms with Crippen LogP contribution in [0.3, 0.4) is 0 Å². The summed E-state index contributed by atoms with van der Waals surface area (Å²) in [6.45, 7) is 4.77. The molecular weight excluding hydrogens is 295 g/mol. The summed E-state index contributed by atoms with van der Waals surface area (Å²) in [5.41, 5.74) is 5.90. The van der Waals surface area contributed by atoms with E-state index in [1.807, 2.05) is 13.8 Å². The van der Waals surface area contributed by atoms with Crippen molar-refractivity contribution in [3.8, 4) is 5.75 Å². The molecule has 0 spiro atoms. The van der Waals surface area contributed by atoms with Gasteiger partial charge in [0.05, 0.1) is 12.6 Å². The van der Waals surface area contributed by atoms with E-state index in [-0.39, 0.29) is 30.0 Å². The van der Waals surface area contributed by atoms with Gasteiger partial charge in [0.15, 0.2) is 0 Å². The van der Waals surface area contributed by atoms with Crippen molar-refractivity contribution >= 4 is 18.3 Å². The van der Waals surface area contributed by atoms with Crippen LogP contribution in [0.25, 0.3) is 0 Å². The van der Waals surface area contributed by atoms with E-state index in [2.05, 4.69) is 0 Å². The lowest BCUT2D eigenvalue weighted by molar-refractivity contribution is -0.132. The molecule has 0 fully saturated rings. The van der Waals surface area contributed by atoms with E-state index in [0.29, 0.717) is 18.9 Å². The van der Waals surface area contributed by atoms with Crippen molar-refractivity contribution in [3.05, 3.63) is 30.1 Å². The van der Waals surface area contributed by atoms with Gasteiger partial charge in [0, 0.05) is 7.05 Å². The fraction of sp³-hybridized carbons (Fsp3) is 0.533. The van der Waals surface area contributed by atoms with E-state index in [0.717, 1.165) is 6.42 Å². The lowest BCUT2D eigenvalue weighted by Crippen LogP contribution is -2.46. The molecule has 0 aliphatic rings. The third-order valence-corrected chi connectivity index (χ3v) is 3.43. The Labute approximate surface area is 131 Å². The second-order valence-corrected chi connectivity index (χ2v) is 4.97. The lowest BCUT2D eigenvalue weighted by atomic mass is 9.99. The van der Waals surface area contributed by atoms with Gasteiger partial charge in [0.2, 0.25) is 5.91 Å². The number of hydrogen-bond donors (Lipinski definition) is 1. The Morgan fingerprint density at radius 2 is 1.95 bits per heavy atom. The van der Waals surface area contributed by atoms with Crippen molar-refractivity contribution in [2.75, 3.05) is 20.2 Å². The molecule has 0 heterocycles. The second kappa shape index (κ2) is 9.58. The van der Waals surface area contributed by atoms with Crippen LogP contribution in [-0.4, -0.2) is 37.0 Å². The van der Waals surface area contributed by atoms with Crippen LogP contribution in [0.2, 0.25) is 0 Å². The number of halogens is 2. The Bertz CT molecular complexity index is 428. The summed E-state index contributed by atoms with van der Waals surface area (Å²) in [7, 11) is 1.71. The van der Waals surface area contributed by atoms with Gasteiger partial charge in [-0.3, -0.25) is 4.79 Å². The number of ether oxygens (including phenoxy) is 1. The Kier molecular flexibility index (Phi) is 8.97. The fourth-order valence-electron chi connectivity index (χ4n) is 1.69. The van der Waals surface area contributed by atoms with Crippen LogP contribution < -0.4 is 10.5 Å². The predicted molar refractivity (Wildman–Crippen MR) is 84.2 cm³/mol. The summed E-state index contributed by atoms with van der Waals surface area (Å²) < 4.78 is 18.2. The molecule has 1 aromatic rings. The summed E-state index contributed by atoms with van der Waals surface area (Å²) in [5, 5.41) is 0. The maximum Gasteiger partial charge on any atom is 0.239 e. The maximum absolute atomic E-state index is 12.7. The molecule has 2 atom stereocenters. The van der Waals surface area contributed by atoms with E-state index in [1.165, 1.54) is 12.1 Å². The molecule has 21 heavy (non-hydrogen) atoms. The number of nitrogens with two attached hydrogens (primary N) is 1. The zero-order valence-corrected chi connectivity index (χ0v) is 13.5. The summed E-state index contributed by atoms with van der Waals surface area (Å²) in [6.07, 6.45) is 0.868. The average molecular weight is 319 g/mol. The third-order valence-electron chi connectivity index (χ3n) is 3.43. The topological polar surface area (TPSA) is 55.6 Å². The molecule has 2 unspecified atom stereocenters. The number of rotatable bonds is 7. The van der Waals surface area contributed by atoms with E-state index >= 15 is 0 Å². The van der Waals surface area contributed by atoms with E-state index < -0.39 is 6.04 Å². The number of likely N-dealkylation sites (N-methyl/N-ethyl adjacent to an activating group) is 1. The normalized spacial score (nSPS) is 13.0. The fourth-order valence-corrected chi connectivity index (χ4v) is 1.69. The molecule has 1 rings (SSSR count). The number of hydrogen-bond acceptors (Lipinski definition) is 3. The summed E-state index contributed by atoms with van der Waals surface area (Å²) >= 11 is 0. The summed E-state index contributed by atoms with van der Waals surface area (Å²) in [6, 6.07) is 5.31. The Morgan fingerprint density at radius 3 is 2.48 bits per heavy atom. The van der Waals surface area contributed by atoms with E-state index in [1.54, 1.807) is 24.1 Å². The standard InChI is InChI=1S/C15H23FN2O2.ClH/c1-4-11(2)14(17)15(19)18(3)9-10-20-13-7-5-12(16)6-8-13;/h5-8,11,14H,4,9-10,17H2,1-3H3;1H. The second-order valence-electron chi connectivity index (χ2n) is 4.97. The molecular formula is C15H24ClFN2O2. The molecule has 0 aromatic heterocycles. The molecule has 1 aromatic carbocycles. The first-order chi connectivity index (χ1) is 9.45. The molecule has 0 bridgehead atoms. The minimum absolute atomic E-state index is 0. The zero-order valence-electron chi connectivity index (χ0n) is 12.7. The van der Waals surface area contributed by atoms with Crippen molar-refractivity contribution in [3.63, 3.8) is 0 Å². The van der Waals surface area contributed by atoms with Gasteiger partial charge >= 0.3 is 0 Å². The van der Waals surface area contributed by atoms with Crippen LogP contribution >= 0.6 is 12.4 Å². The third kappa shape index (κ3) is 6.31. The molecule has 0 radical (unpaired) electrons. The number of carbonyl (C=O) groups is 1. The Balaban J connectivity index is 0.00000400. The van der Waals surface area contributed by atoms with Gasteiger partial charge in [-0.25, -0.2) is 4.39 Å². The monoisotopic (exact) mass is 318 g/mol. The average Bonchev–Trinajstić information content (AvgIpc) is 2.46. The van der Waals surface area contributed by atoms with Crippen molar-refractivity contribution in [2.45, 2.75) is 26.3 Å². The maximum atomic E-state index is 12.7. The molecule has 2 N–H and O–H groups in total. The van der Waals surface area contributed by atoms with Crippen molar-refractivity contribution in [1.29, 1.82) is 0 Å². The first-order valence-electron chi connectivity index (χ1n) is 6.84. The van der Waals surface area contributed by atoms with Crippen molar-refractivity contribution < 1.29 is 13.9 Å². The van der Waals surface area contributed by atoms with Gasteiger partial charge in [-0.15, -0.1) is 12.4 Å². The van der Waals surface area contributed by atoms with Gasteiger partial charge in [-0.1, -0.05) is 20.3 Å². The Hall–Kier alpha value is -1.33. The SMILES string of the molecule is CCC(C)C(N)C(=O)N(C)CCOc1ccc(F)cc1.Cl. The van der Waals surface area contributed by atoms with Gasteiger partial charge < -0.3 is 15.4 Å². The minimum atomic E-state index is -0.476. The largest absolute Gasteiger partial charge is 0.492 e. The number of amides is 1. The summed E-state index contributed by atoms with van der Waals surface area (Å²) in [5.74, 6) is 0.354. The predicted octanol–water partition coefficient (Wildman–Crippen LogP) is 2.46. The van der Waals surface area contributed by atoms with Crippen molar-refractivity contribution in [1.82, 2.24) is 4.90 Å². The first-order valence-corrected chi connectivity index (χ1v) is 6.84. The van der Waals surface area contributed by atoms with Crippen LogP contribution in [0.5, 0.6) is 5.75 Å². The van der Waals surface area contributed by atoms with E-state index in [9.17, 15) is 9.18 Å². The highest BCUT2D eigenvalue weighted by Gasteiger charge is 2.22. The van der Waals surface area contributed by atoms with Crippen LogP contribution in [0, 0.1) is 11.7 Å². The Morgan fingerprint density at radius 1 is 1.38 bits per heavy atom. The summed E-state index contributed by atoms with van der Waals surface area (Å²) in [4.78, 5) is 13.6. The van der Waals surface area contributed by atoms with Crippen molar-refractivity contribution in [2.24, 2.45) is 11.7 Å². The van der Waals surface area contributed by atoms with Crippen LogP contribution in [0.4, 0.5) is 4.39 Å². The molecule has 6 heteroatoms. The van der Waals surface area contributed by atoms with Gasteiger partial charge in [-0.05, 0) is 30.2 Å². The molecule has 0 saturated carbocycles. The first kappa shape index (κ1) is 19.7. The number of carbonyl (C=O) groups excluding carboxylic acids is 1. The highest BCUT2D eigenvalue weighted by molar-refractivity contribution is 5.85. The molecule has 120 valence electrons. The van der Waals surface area contributed by atoms with Gasteiger partial charge in [0.1, 0.15) is 18.2 Å². The molecule has 0 aliphatic carbocycles. The van der Waals surface area contributed by atoms with Crippen LogP contribution in [0.15, 0.2) is 24.3 Å². The van der Waals surface area contributed by atoms with Crippen LogP contribution in [0.1, 0.15) is 20.3 Å². The quantitative estimate of drug-likeness (QED) is 0.840.